The van der Waals surface area contributed by atoms with Gasteiger partial charge >= 0.3 is 0 Å². The number of rotatable bonds is 4. The first kappa shape index (κ1) is 17.7. The van der Waals surface area contributed by atoms with Crippen LogP contribution in [0.4, 0.5) is 0 Å². The molecular weight excluding hydrogens is 340 g/mol. The second-order valence-corrected chi connectivity index (χ2v) is 7.01. The van der Waals surface area contributed by atoms with Crippen molar-refractivity contribution in [3.05, 3.63) is 71.3 Å². The second kappa shape index (κ2) is 7.12. The van der Waals surface area contributed by atoms with E-state index in [4.69, 9.17) is 18.9 Å². The van der Waals surface area contributed by atoms with Gasteiger partial charge < -0.3 is 18.9 Å². The van der Waals surface area contributed by atoms with Crippen molar-refractivity contribution in [2.24, 2.45) is 5.92 Å². The lowest BCUT2D eigenvalue weighted by atomic mass is 9.88. The fourth-order valence-corrected chi connectivity index (χ4v) is 3.67. The summed E-state index contributed by atoms with van der Waals surface area (Å²) in [7, 11) is 3.36. The molecule has 4 heteroatoms. The molecule has 0 bridgehead atoms. The fraction of sp³-hybridized carbons (Fsp3) is 0.304. The minimum Gasteiger partial charge on any atom is -0.496 e. The molecule has 0 radical (unpaired) electrons. The molecule has 0 N–H and O–H groups in total. The standard InChI is InChI=1S/C23H24O4/c1-14(2)16-10-17-19(26-13-16)12-21(25-4)22-20(24-3)11-18(27-23(17)22)15-8-6-5-7-9-15/h5-9,11-12,16,20H,1,10,13H2,2-4H3. The van der Waals surface area contributed by atoms with E-state index in [0.717, 1.165) is 45.9 Å². The Morgan fingerprint density at radius 1 is 1.19 bits per heavy atom. The molecule has 0 amide bonds. The van der Waals surface area contributed by atoms with Crippen LogP contribution >= 0.6 is 0 Å². The molecular formula is C23H24O4. The quantitative estimate of drug-likeness (QED) is 0.720. The Morgan fingerprint density at radius 3 is 2.63 bits per heavy atom. The smallest absolute Gasteiger partial charge is 0.144 e. The highest BCUT2D eigenvalue weighted by molar-refractivity contribution is 5.71. The number of methoxy groups -OCH3 is 2. The molecule has 2 aromatic carbocycles. The number of hydrogen-bond acceptors (Lipinski definition) is 4. The molecule has 27 heavy (non-hydrogen) atoms. The molecule has 2 atom stereocenters. The van der Waals surface area contributed by atoms with Gasteiger partial charge in [-0.3, -0.25) is 0 Å². The van der Waals surface area contributed by atoms with Crippen LogP contribution in [0.2, 0.25) is 0 Å². The van der Waals surface area contributed by atoms with Crippen LogP contribution in [-0.4, -0.2) is 20.8 Å². The molecule has 140 valence electrons. The van der Waals surface area contributed by atoms with Gasteiger partial charge in [0.25, 0.3) is 0 Å². The van der Waals surface area contributed by atoms with E-state index in [2.05, 4.69) is 6.58 Å². The summed E-state index contributed by atoms with van der Waals surface area (Å²) in [4.78, 5) is 0. The lowest BCUT2D eigenvalue weighted by molar-refractivity contribution is 0.132. The summed E-state index contributed by atoms with van der Waals surface area (Å²) in [6.07, 6.45) is 2.57. The van der Waals surface area contributed by atoms with E-state index in [1.54, 1.807) is 14.2 Å². The maximum atomic E-state index is 6.41. The summed E-state index contributed by atoms with van der Waals surface area (Å²) < 4.78 is 23.9. The van der Waals surface area contributed by atoms with Crippen molar-refractivity contribution in [2.75, 3.05) is 20.8 Å². The summed E-state index contributed by atoms with van der Waals surface area (Å²) in [5.41, 5.74) is 4.08. The van der Waals surface area contributed by atoms with Gasteiger partial charge in [0.2, 0.25) is 0 Å². The predicted molar refractivity (Wildman–Crippen MR) is 105 cm³/mol. The molecule has 0 fully saturated rings. The topological polar surface area (TPSA) is 36.9 Å². The monoisotopic (exact) mass is 364 g/mol. The third kappa shape index (κ3) is 3.10. The minimum atomic E-state index is -0.255. The maximum absolute atomic E-state index is 6.41. The lowest BCUT2D eigenvalue weighted by Gasteiger charge is -2.33. The fourth-order valence-electron chi connectivity index (χ4n) is 3.67. The Morgan fingerprint density at radius 2 is 1.96 bits per heavy atom. The van der Waals surface area contributed by atoms with E-state index in [1.807, 2.05) is 49.4 Å². The summed E-state index contributed by atoms with van der Waals surface area (Å²) in [5, 5.41) is 0. The van der Waals surface area contributed by atoms with E-state index < -0.39 is 0 Å². The molecule has 0 aliphatic carbocycles. The molecule has 2 aliphatic rings. The first-order valence-corrected chi connectivity index (χ1v) is 9.12. The molecule has 2 aromatic rings. The zero-order chi connectivity index (χ0) is 19.0. The summed E-state index contributed by atoms with van der Waals surface area (Å²) >= 11 is 0. The SMILES string of the molecule is C=C(C)C1COc2cc(OC)c3c(c2C1)OC(c1ccccc1)=CC3OC. The van der Waals surface area contributed by atoms with Gasteiger partial charge in [0.1, 0.15) is 29.1 Å². The Labute approximate surface area is 160 Å². The van der Waals surface area contributed by atoms with Gasteiger partial charge in [-0.2, -0.15) is 0 Å². The molecule has 4 rings (SSSR count). The largest absolute Gasteiger partial charge is 0.496 e. The zero-order valence-electron chi connectivity index (χ0n) is 16.0. The van der Waals surface area contributed by atoms with Crippen molar-refractivity contribution >= 4 is 5.76 Å². The molecule has 0 saturated carbocycles. The summed E-state index contributed by atoms with van der Waals surface area (Å²) in [5.74, 6) is 3.36. The highest BCUT2D eigenvalue weighted by atomic mass is 16.5. The van der Waals surface area contributed by atoms with Crippen LogP contribution in [0, 0.1) is 5.92 Å². The van der Waals surface area contributed by atoms with E-state index in [1.165, 1.54) is 0 Å². The van der Waals surface area contributed by atoms with Gasteiger partial charge in [-0.1, -0.05) is 42.5 Å². The molecule has 0 aromatic heterocycles. The highest BCUT2D eigenvalue weighted by Crippen LogP contribution is 2.50. The van der Waals surface area contributed by atoms with Gasteiger partial charge in [0, 0.05) is 30.2 Å². The van der Waals surface area contributed by atoms with Gasteiger partial charge in [-0.05, 0) is 19.4 Å². The van der Waals surface area contributed by atoms with Crippen LogP contribution in [0.1, 0.15) is 29.7 Å². The van der Waals surface area contributed by atoms with Crippen molar-refractivity contribution in [3.63, 3.8) is 0 Å². The molecule has 2 heterocycles. The van der Waals surface area contributed by atoms with E-state index in [0.29, 0.717) is 12.4 Å². The van der Waals surface area contributed by atoms with Crippen molar-refractivity contribution < 1.29 is 18.9 Å². The molecule has 2 aliphatic heterocycles. The van der Waals surface area contributed by atoms with Crippen molar-refractivity contribution in [3.8, 4) is 17.2 Å². The van der Waals surface area contributed by atoms with Crippen molar-refractivity contribution in [1.82, 2.24) is 0 Å². The van der Waals surface area contributed by atoms with E-state index >= 15 is 0 Å². The Bertz CT molecular complexity index is 898. The molecule has 0 saturated heterocycles. The van der Waals surface area contributed by atoms with Crippen LogP contribution in [0.25, 0.3) is 5.76 Å². The maximum Gasteiger partial charge on any atom is 0.144 e. The van der Waals surface area contributed by atoms with E-state index in [-0.39, 0.29) is 12.0 Å². The first-order valence-electron chi connectivity index (χ1n) is 9.12. The Hall–Kier alpha value is -2.72. The van der Waals surface area contributed by atoms with Crippen LogP contribution in [-0.2, 0) is 11.2 Å². The number of hydrogen-bond donors (Lipinski definition) is 0. The number of ether oxygens (including phenoxy) is 4. The van der Waals surface area contributed by atoms with E-state index in [9.17, 15) is 0 Å². The van der Waals surface area contributed by atoms with Crippen LogP contribution in [0.15, 0.2) is 54.6 Å². The van der Waals surface area contributed by atoms with Crippen LogP contribution in [0.5, 0.6) is 17.2 Å². The third-order valence-electron chi connectivity index (χ3n) is 5.26. The van der Waals surface area contributed by atoms with Gasteiger partial charge in [-0.25, -0.2) is 0 Å². The summed E-state index contributed by atoms with van der Waals surface area (Å²) in [6, 6.07) is 12.0. The molecule has 0 spiro atoms. The van der Waals surface area contributed by atoms with Crippen molar-refractivity contribution in [1.29, 1.82) is 0 Å². The van der Waals surface area contributed by atoms with Gasteiger partial charge in [0.15, 0.2) is 0 Å². The number of benzene rings is 2. The summed E-state index contributed by atoms with van der Waals surface area (Å²) in [6.45, 7) is 6.78. The second-order valence-electron chi connectivity index (χ2n) is 7.01. The average molecular weight is 364 g/mol. The number of fused-ring (bicyclic) bond motifs is 3. The molecule has 2 unspecified atom stereocenters. The first-order chi connectivity index (χ1) is 13.1. The third-order valence-corrected chi connectivity index (χ3v) is 5.26. The zero-order valence-corrected chi connectivity index (χ0v) is 16.0. The highest BCUT2D eigenvalue weighted by Gasteiger charge is 2.34. The van der Waals surface area contributed by atoms with Crippen molar-refractivity contribution in [2.45, 2.75) is 19.4 Å². The lowest BCUT2D eigenvalue weighted by Crippen LogP contribution is -2.24. The van der Waals surface area contributed by atoms with Crippen LogP contribution in [0.3, 0.4) is 0 Å². The van der Waals surface area contributed by atoms with Crippen LogP contribution < -0.4 is 14.2 Å². The Kier molecular flexibility index (Phi) is 4.66. The van der Waals surface area contributed by atoms with Gasteiger partial charge in [-0.15, -0.1) is 0 Å². The normalized spacial score (nSPS) is 20.5. The molecule has 4 nitrogen and oxygen atoms in total. The average Bonchev–Trinajstić information content (AvgIpc) is 2.72. The minimum absolute atomic E-state index is 0.255. The predicted octanol–water partition coefficient (Wildman–Crippen LogP) is 4.94. The Balaban J connectivity index is 1.86. The van der Waals surface area contributed by atoms with Gasteiger partial charge in [0.05, 0.1) is 19.3 Å².